The predicted molar refractivity (Wildman–Crippen MR) is 79.2 cm³/mol. The van der Waals surface area contributed by atoms with E-state index in [0.29, 0.717) is 13.0 Å². The van der Waals surface area contributed by atoms with Gasteiger partial charge in [0, 0.05) is 18.3 Å². The van der Waals surface area contributed by atoms with Gasteiger partial charge in [-0.25, -0.2) is 9.07 Å². The molecule has 1 unspecified atom stereocenters. The minimum atomic E-state index is -0.759. The molecule has 2 heterocycles. The van der Waals surface area contributed by atoms with Gasteiger partial charge >= 0.3 is 5.97 Å². The topological polar surface area (TPSA) is 58.4 Å². The zero-order chi connectivity index (χ0) is 15.5. The first-order valence-electron chi connectivity index (χ1n) is 7.40. The van der Waals surface area contributed by atoms with Crippen LogP contribution in [0.3, 0.4) is 0 Å². The van der Waals surface area contributed by atoms with Crippen LogP contribution in [0.15, 0.2) is 36.7 Å². The fourth-order valence-electron chi connectivity index (χ4n) is 2.87. The second-order valence-corrected chi connectivity index (χ2v) is 5.59. The summed E-state index contributed by atoms with van der Waals surface area (Å²) in [6.45, 7) is 1.36. The highest BCUT2D eigenvalue weighted by Crippen LogP contribution is 2.20. The Hall–Kier alpha value is -2.21. The van der Waals surface area contributed by atoms with Gasteiger partial charge in [0.15, 0.2) is 0 Å². The Balaban J connectivity index is 1.73. The number of hydrogen-bond donors (Lipinski definition) is 1. The van der Waals surface area contributed by atoms with E-state index in [1.165, 1.54) is 12.1 Å². The summed E-state index contributed by atoms with van der Waals surface area (Å²) >= 11 is 0. The van der Waals surface area contributed by atoms with Gasteiger partial charge in [0.1, 0.15) is 11.9 Å². The minimum Gasteiger partial charge on any atom is -0.480 e. The molecule has 1 atom stereocenters. The van der Waals surface area contributed by atoms with E-state index in [1.807, 2.05) is 11.1 Å². The normalized spacial score (nSPS) is 19.2. The third kappa shape index (κ3) is 3.17. The molecule has 0 amide bonds. The van der Waals surface area contributed by atoms with Crippen molar-refractivity contribution in [1.29, 1.82) is 0 Å². The Morgan fingerprint density at radius 2 is 2.09 bits per heavy atom. The first-order chi connectivity index (χ1) is 10.6. The lowest BCUT2D eigenvalue weighted by molar-refractivity contribution is -0.144. The van der Waals surface area contributed by atoms with Crippen molar-refractivity contribution in [2.24, 2.45) is 0 Å². The van der Waals surface area contributed by atoms with Gasteiger partial charge in [-0.05, 0) is 43.7 Å². The molecule has 0 bridgehead atoms. The maximum atomic E-state index is 12.9. The number of hydrogen-bond acceptors (Lipinski definition) is 3. The molecule has 1 aliphatic heterocycles. The summed E-state index contributed by atoms with van der Waals surface area (Å²) in [5.41, 5.74) is 1.73. The quantitative estimate of drug-likeness (QED) is 0.942. The van der Waals surface area contributed by atoms with E-state index >= 15 is 0 Å². The van der Waals surface area contributed by atoms with Crippen molar-refractivity contribution in [3.63, 3.8) is 0 Å². The van der Waals surface area contributed by atoms with Crippen LogP contribution in [-0.4, -0.2) is 38.3 Å². The van der Waals surface area contributed by atoms with Crippen molar-refractivity contribution in [2.45, 2.75) is 31.8 Å². The summed E-state index contributed by atoms with van der Waals surface area (Å²) < 4.78 is 14.6. The van der Waals surface area contributed by atoms with E-state index < -0.39 is 12.0 Å². The van der Waals surface area contributed by atoms with Gasteiger partial charge in [-0.15, -0.1) is 0 Å². The summed E-state index contributed by atoms with van der Waals surface area (Å²) in [6.07, 6.45) is 6.28. The highest BCUT2D eigenvalue weighted by molar-refractivity contribution is 5.73. The molecule has 1 N–H and O–H groups in total. The van der Waals surface area contributed by atoms with E-state index in [9.17, 15) is 14.3 Å². The van der Waals surface area contributed by atoms with Crippen molar-refractivity contribution in [3.05, 3.63) is 48.0 Å². The number of carboxylic acid groups (broad SMARTS) is 1. The van der Waals surface area contributed by atoms with E-state index in [2.05, 4.69) is 5.10 Å². The number of carbonyl (C=O) groups is 1. The molecule has 2 aromatic rings. The standard InChI is InChI=1S/C16H18FN3O2/c17-13-4-6-14(7-5-13)20-11-12(9-18-20)10-19-8-2-1-3-15(19)16(21)22/h4-7,9,11,15H,1-3,8,10H2,(H,21,22). The van der Waals surface area contributed by atoms with Crippen LogP contribution in [0.1, 0.15) is 24.8 Å². The highest BCUT2D eigenvalue weighted by atomic mass is 19.1. The van der Waals surface area contributed by atoms with Gasteiger partial charge in [-0.2, -0.15) is 5.10 Å². The number of piperidine rings is 1. The SMILES string of the molecule is O=C(O)C1CCCCN1Cc1cnn(-c2ccc(F)cc2)c1. The van der Waals surface area contributed by atoms with Crippen LogP contribution in [0.4, 0.5) is 4.39 Å². The fraction of sp³-hybridized carbons (Fsp3) is 0.375. The molecule has 5 nitrogen and oxygen atoms in total. The van der Waals surface area contributed by atoms with Crippen LogP contribution in [0.25, 0.3) is 5.69 Å². The van der Waals surface area contributed by atoms with Crippen molar-refractivity contribution < 1.29 is 14.3 Å². The molecule has 0 aliphatic carbocycles. The lowest BCUT2D eigenvalue weighted by atomic mass is 10.0. The number of aliphatic carboxylic acids is 1. The number of likely N-dealkylation sites (tertiary alicyclic amines) is 1. The molecule has 1 fully saturated rings. The van der Waals surface area contributed by atoms with Gasteiger partial charge in [-0.1, -0.05) is 6.42 Å². The van der Waals surface area contributed by atoms with Crippen molar-refractivity contribution in [2.75, 3.05) is 6.54 Å². The van der Waals surface area contributed by atoms with Crippen LogP contribution in [-0.2, 0) is 11.3 Å². The number of halogens is 1. The fourth-order valence-corrected chi connectivity index (χ4v) is 2.87. The number of nitrogens with zero attached hydrogens (tertiary/aromatic N) is 3. The van der Waals surface area contributed by atoms with Gasteiger partial charge in [0.25, 0.3) is 0 Å². The summed E-state index contributed by atoms with van der Waals surface area (Å²) in [7, 11) is 0. The average molecular weight is 303 g/mol. The molecular formula is C16H18FN3O2. The van der Waals surface area contributed by atoms with E-state index in [1.54, 1.807) is 23.0 Å². The zero-order valence-electron chi connectivity index (χ0n) is 12.2. The number of benzene rings is 1. The largest absolute Gasteiger partial charge is 0.480 e. The van der Waals surface area contributed by atoms with Crippen LogP contribution < -0.4 is 0 Å². The first kappa shape index (κ1) is 14.7. The summed E-state index contributed by atoms with van der Waals surface area (Å²) in [4.78, 5) is 13.3. The van der Waals surface area contributed by atoms with Crippen LogP contribution >= 0.6 is 0 Å². The minimum absolute atomic E-state index is 0.284. The molecule has 0 spiro atoms. The lowest BCUT2D eigenvalue weighted by Gasteiger charge is -2.32. The molecule has 116 valence electrons. The number of aromatic nitrogens is 2. The summed E-state index contributed by atoms with van der Waals surface area (Å²) in [5, 5.41) is 13.6. The molecule has 22 heavy (non-hydrogen) atoms. The maximum Gasteiger partial charge on any atom is 0.320 e. The van der Waals surface area contributed by atoms with Crippen molar-refractivity contribution >= 4 is 5.97 Å². The molecule has 1 saturated heterocycles. The number of rotatable bonds is 4. The second kappa shape index (κ2) is 6.27. The molecule has 0 saturated carbocycles. The van der Waals surface area contributed by atoms with E-state index in [4.69, 9.17) is 0 Å². The average Bonchev–Trinajstić information content (AvgIpc) is 2.97. The molecule has 1 aromatic heterocycles. The Labute approximate surface area is 128 Å². The predicted octanol–water partition coefficient (Wildman–Crippen LogP) is 2.45. The molecule has 6 heteroatoms. The number of carboxylic acids is 1. The molecule has 0 radical (unpaired) electrons. The maximum absolute atomic E-state index is 12.9. The first-order valence-corrected chi connectivity index (χ1v) is 7.40. The van der Waals surface area contributed by atoms with Gasteiger partial charge < -0.3 is 5.11 Å². The van der Waals surface area contributed by atoms with Gasteiger partial charge in [-0.3, -0.25) is 9.69 Å². The Bertz CT molecular complexity index is 654. The molecular weight excluding hydrogens is 285 g/mol. The van der Waals surface area contributed by atoms with E-state index in [-0.39, 0.29) is 5.82 Å². The van der Waals surface area contributed by atoms with Crippen LogP contribution in [0, 0.1) is 5.82 Å². The van der Waals surface area contributed by atoms with Crippen molar-refractivity contribution in [1.82, 2.24) is 14.7 Å². The van der Waals surface area contributed by atoms with Crippen molar-refractivity contribution in [3.8, 4) is 5.69 Å². The smallest absolute Gasteiger partial charge is 0.320 e. The van der Waals surface area contributed by atoms with Crippen LogP contribution in [0.2, 0.25) is 0 Å². The Kier molecular flexibility index (Phi) is 4.20. The molecule has 1 aromatic carbocycles. The summed E-state index contributed by atoms with van der Waals surface area (Å²) in [5.74, 6) is -1.04. The third-order valence-electron chi connectivity index (χ3n) is 4.01. The monoisotopic (exact) mass is 303 g/mol. The second-order valence-electron chi connectivity index (χ2n) is 5.59. The summed E-state index contributed by atoms with van der Waals surface area (Å²) in [6, 6.07) is 5.69. The van der Waals surface area contributed by atoms with Gasteiger partial charge in [0.05, 0.1) is 11.9 Å². The highest BCUT2D eigenvalue weighted by Gasteiger charge is 2.28. The molecule has 3 rings (SSSR count). The third-order valence-corrected chi connectivity index (χ3v) is 4.01. The zero-order valence-corrected chi connectivity index (χ0v) is 12.2. The van der Waals surface area contributed by atoms with Gasteiger partial charge in [0.2, 0.25) is 0 Å². The molecule has 1 aliphatic rings. The Morgan fingerprint density at radius 1 is 1.32 bits per heavy atom. The lowest BCUT2D eigenvalue weighted by Crippen LogP contribution is -2.43. The van der Waals surface area contributed by atoms with E-state index in [0.717, 1.165) is 30.6 Å². The van der Waals surface area contributed by atoms with Crippen LogP contribution in [0.5, 0.6) is 0 Å². The Morgan fingerprint density at radius 3 is 2.82 bits per heavy atom.